The zero-order chi connectivity index (χ0) is 11.0. The van der Waals surface area contributed by atoms with Gasteiger partial charge in [0.2, 0.25) is 0 Å². The van der Waals surface area contributed by atoms with Crippen LogP contribution < -0.4 is 0 Å². The average molecular weight is 202 g/mol. The summed E-state index contributed by atoms with van der Waals surface area (Å²) in [6, 6.07) is 0. The molecule has 0 amide bonds. The van der Waals surface area contributed by atoms with Gasteiger partial charge in [-0.3, -0.25) is 0 Å². The first-order valence-corrected chi connectivity index (χ1v) is 5.72. The van der Waals surface area contributed by atoms with Gasteiger partial charge < -0.3 is 9.84 Å². The van der Waals surface area contributed by atoms with Crippen molar-refractivity contribution in [2.24, 2.45) is 5.41 Å². The second-order valence-electron chi connectivity index (χ2n) is 5.12. The van der Waals surface area contributed by atoms with E-state index in [1.54, 1.807) is 0 Å². The second-order valence-corrected chi connectivity index (χ2v) is 5.12. The molecule has 0 saturated heterocycles. The fourth-order valence-corrected chi connectivity index (χ4v) is 1.58. The van der Waals surface area contributed by atoms with E-state index in [1.165, 1.54) is 12.8 Å². The number of hydrogen-bond acceptors (Lipinski definition) is 2. The standard InChI is InChI=1S/C12H26O2/c1-5-6-7-11(14-9-8-13)10-12(2,3)4/h11,13H,5-10H2,1-4H3. The summed E-state index contributed by atoms with van der Waals surface area (Å²) in [6.07, 6.45) is 4.94. The SMILES string of the molecule is CCCCC(CC(C)(C)C)OCCO. The lowest BCUT2D eigenvalue weighted by molar-refractivity contribution is 0.00129. The Hall–Kier alpha value is -0.0800. The lowest BCUT2D eigenvalue weighted by Gasteiger charge is -2.26. The molecule has 86 valence electrons. The minimum Gasteiger partial charge on any atom is -0.394 e. The quantitative estimate of drug-likeness (QED) is 0.687. The maximum atomic E-state index is 8.71. The van der Waals surface area contributed by atoms with Gasteiger partial charge in [0.25, 0.3) is 0 Å². The van der Waals surface area contributed by atoms with Crippen LogP contribution in [-0.2, 0) is 4.74 Å². The number of hydrogen-bond donors (Lipinski definition) is 1. The maximum absolute atomic E-state index is 8.71. The molecular formula is C12H26O2. The van der Waals surface area contributed by atoms with Crippen molar-refractivity contribution in [2.75, 3.05) is 13.2 Å². The van der Waals surface area contributed by atoms with Gasteiger partial charge in [0.05, 0.1) is 19.3 Å². The Balaban J connectivity index is 3.84. The molecule has 0 heterocycles. The molecule has 0 rings (SSSR count). The predicted molar refractivity (Wildman–Crippen MR) is 60.4 cm³/mol. The molecule has 0 spiro atoms. The third-order valence-corrected chi connectivity index (χ3v) is 2.16. The van der Waals surface area contributed by atoms with Crippen molar-refractivity contribution >= 4 is 0 Å². The number of rotatable bonds is 7. The summed E-state index contributed by atoms with van der Waals surface area (Å²) in [5.41, 5.74) is 0.313. The van der Waals surface area contributed by atoms with Gasteiger partial charge in [-0.2, -0.15) is 0 Å². The molecule has 0 saturated carbocycles. The molecular weight excluding hydrogens is 176 g/mol. The molecule has 1 atom stereocenters. The fraction of sp³-hybridized carbons (Fsp3) is 1.00. The summed E-state index contributed by atoms with van der Waals surface area (Å²) in [6.45, 7) is 9.49. The highest BCUT2D eigenvalue weighted by Crippen LogP contribution is 2.24. The monoisotopic (exact) mass is 202 g/mol. The number of aliphatic hydroxyl groups excluding tert-OH is 1. The van der Waals surface area contributed by atoms with Gasteiger partial charge in [-0.05, 0) is 18.3 Å². The zero-order valence-electron chi connectivity index (χ0n) is 10.2. The third kappa shape index (κ3) is 8.52. The average Bonchev–Trinajstić information content (AvgIpc) is 2.07. The summed E-state index contributed by atoms with van der Waals surface area (Å²) >= 11 is 0. The maximum Gasteiger partial charge on any atom is 0.0701 e. The molecule has 14 heavy (non-hydrogen) atoms. The van der Waals surface area contributed by atoms with Crippen LogP contribution in [0.1, 0.15) is 53.4 Å². The van der Waals surface area contributed by atoms with Crippen LogP contribution in [0.3, 0.4) is 0 Å². The summed E-state index contributed by atoms with van der Waals surface area (Å²) in [5.74, 6) is 0. The van der Waals surface area contributed by atoms with Crippen LogP contribution in [0.25, 0.3) is 0 Å². The normalized spacial score (nSPS) is 14.4. The summed E-state index contributed by atoms with van der Waals surface area (Å²) in [7, 11) is 0. The largest absolute Gasteiger partial charge is 0.394 e. The van der Waals surface area contributed by atoms with E-state index in [9.17, 15) is 0 Å². The molecule has 1 unspecified atom stereocenters. The van der Waals surface area contributed by atoms with Crippen LogP contribution in [0.15, 0.2) is 0 Å². The molecule has 2 nitrogen and oxygen atoms in total. The van der Waals surface area contributed by atoms with E-state index >= 15 is 0 Å². The molecule has 0 aliphatic carbocycles. The Morgan fingerprint density at radius 3 is 2.36 bits per heavy atom. The molecule has 0 radical (unpaired) electrons. The van der Waals surface area contributed by atoms with E-state index < -0.39 is 0 Å². The minimum absolute atomic E-state index is 0.132. The molecule has 0 aromatic carbocycles. The van der Waals surface area contributed by atoms with E-state index in [0.29, 0.717) is 18.1 Å². The molecule has 1 N–H and O–H groups in total. The molecule has 0 aromatic rings. The second kappa shape index (κ2) is 7.24. The van der Waals surface area contributed by atoms with Gasteiger partial charge in [-0.25, -0.2) is 0 Å². The van der Waals surface area contributed by atoms with Gasteiger partial charge in [-0.15, -0.1) is 0 Å². The van der Waals surface area contributed by atoms with Crippen molar-refractivity contribution in [3.63, 3.8) is 0 Å². The van der Waals surface area contributed by atoms with Crippen LogP contribution in [0.4, 0.5) is 0 Å². The van der Waals surface area contributed by atoms with Crippen molar-refractivity contribution in [3.8, 4) is 0 Å². The molecule has 2 heteroatoms. The topological polar surface area (TPSA) is 29.5 Å². The van der Waals surface area contributed by atoms with Gasteiger partial charge >= 0.3 is 0 Å². The number of aliphatic hydroxyl groups is 1. The molecule has 0 bridgehead atoms. The van der Waals surface area contributed by atoms with E-state index in [-0.39, 0.29) is 6.61 Å². The van der Waals surface area contributed by atoms with E-state index in [2.05, 4.69) is 27.7 Å². The smallest absolute Gasteiger partial charge is 0.0701 e. The number of ether oxygens (including phenoxy) is 1. The first-order chi connectivity index (χ1) is 6.49. The number of unbranched alkanes of at least 4 members (excludes halogenated alkanes) is 1. The van der Waals surface area contributed by atoms with Crippen LogP contribution in [0.5, 0.6) is 0 Å². The van der Waals surface area contributed by atoms with E-state index in [0.717, 1.165) is 12.8 Å². The molecule has 0 aromatic heterocycles. The lowest BCUT2D eigenvalue weighted by atomic mass is 9.87. The van der Waals surface area contributed by atoms with Crippen molar-refractivity contribution in [1.82, 2.24) is 0 Å². The van der Waals surface area contributed by atoms with Gasteiger partial charge in [0.1, 0.15) is 0 Å². The molecule has 0 aliphatic rings. The van der Waals surface area contributed by atoms with Crippen LogP contribution in [0.2, 0.25) is 0 Å². The Morgan fingerprint density at radius 1 is 1.29 bits per heavy atom. The Bertz CT molecular complexity index is 119. The summed E-state index contributed by atoms with van der Waals surface area (Å²) < 4.78 is 5.62. The Labute approximate surface area is 88.7 Å². The third-order valence-electron chi connectivity index (χ3n) is 2.16. The van der Waals surface area contributed by atoms with Crippen LogP contribution in [0, 0.1) is 5.41 Å². The van der Waals surface area contributed by atoms with Crippen molar-refractivity contribution in [3.05, 3.63) is 0 Å². The molecule has 0 aliphatic heterocycles. The highest BCUT2D eigenvalue weighted by atomic mass is 16.5. The Kier molecular flexibility index (Phi) is 7.20. The van der Waals surface area contributed by atoms with E-state index in [1.807, 2.05) is 0 Å². The van der Waals surface area contributed by atoms with Gasteiger partial charge in [0.15, 0.2) is 0 Å². The van der Waals surface area contributed by atoms with Crippen molar-refractivity contribution in [2.45, 2.75) is 59.5 Å². The summed E-state index contributed by atoms with van der Waals surface area (Å²) in [4.78, 5) is 0. The van der Waals surface area contributed by atoms with Crippen LogP contribution >= 0.6 is 0 Å². The zero-order valence-corrected chi connectivity index (χ0v) is 10.2. The van der Waals surface area contributed by atoms with Crippen molar-refractivity contribution < 1.29 is 9.84 Å². The van der Waals surface area contributed by atoms with Gasteiger partial charge in [-0.1, -0.05) is 40.5 Å². The fourth-order valence-electron chi connectivity index (χ4n) is 1.58. The van der Waals surface area contributed by atoms with Crippen LogP contribution in [-0.4, -0.2) is 24.4 Å². The van der Waals surface area contributed by atoms with Gasteiger partial charge in [0, 0.05) is 0 Å². The van der Waals surface area contributed by atoms with Crippen molar-refractivity contribution in [1.29, 1.82) is 0 Å². The molecule has 0 fully saturated rings. The highest BCUT2D eigenvalue weighted by molar-refractivity contribution is 4.69. The first kappa shape index (κ1) is 13.9. The highest BCUT2D eigenvalue weighted by Gasteiger charge is 2.18. The Morgan fingerprint density at radius 2 is 1.93 bits per heavy atom. The van der Waals surface area contributed by atoms with E-state index in [4.69, 9.17) is 9.84 Å². The summed E-state index contributed by atoms with van der Waals surface area (Å²) in [5, 5.41) is 8.71. The lowest BCUT2D eigenvalue weighted by Crippen LogP contribution is -2.22. The first-order valence-electron chi connectivity index (χ1n) is 5.72. The minimum atomic E-state index is 0.132. The predicted octanol–water partition coefficient (Wildman–Crippen LogP) is 2.99.